The Kier molecular flexibility index (Phi) is 5.22. The summed E-state index contributed by atoms with van der Waals surface area (Å²) >= 11 is 0. The average molecular weight is 256 g/mol. The van der Waals surface area contributed by atoms with Crippen molar-refractivity contribution >= 4 is 0 Å². The molecule has 108 valence electrons. The van der Waals surface area contributed by atoms with Crippen LogP contribution in [0.25, 0.3) is 0 Å². The summed E-state index contributed by atoms with van der Waals surface area (Å²) in [6.07, 6.45) is 1.20. The molecule has 0 spiro atoms. The van der Waals surface area contributed by atoms with Crippen LogP contribution in [0.4, 0.5) is 0 Å². The van der Waals surface area contributed by atoms with Crippen LogP contribution < -0.4 is 5.32 Å². The van der Waals surface area contributed by atoms with E-state index in [0.717, 1.165) is 19.6 Å². The molecule has 1 heterocycles. The molecule has 0 radical (unpaired) electrons. The minimum atomic E-state index is -0.0402. The monoisotopic (exact) mass is 256 g/mol. The standard InChI is InChI=1S/C15H32N2O/c1-12(2)16-9-8-13(3)17-10-14(4,5)18-15(6,7)11-17/h12-13,16H,8-11H2,1-7H3. The fourth-order valence-electron chi connectivity index (χ4n) is 2.92. The molecule has 1 aliphatic rings. The quantitative estimate of drug-likeness (QED) is 0.818. The molecule has 1 saturated heterocycles. The Bertz CT molecular complexity index is 245. The molecule has 0 saturated carbocycles. The van der Waals surface area contributed by atoms with E-state index in [4.69, 9.17) is 4.74 Å². The van der Waals surface area contributed by atoms with Crippen LogP contribution in [0.2, 0.25) is 0 Å². The second kappa shape index (κ2) is 5.89. The third kappa shape index (κ3) is 5.25. The van der Waals surface area contributed by atoms with E-state index in [1.54, 1.807) is 0 Å². The van der Waals surface area contributed by atoms with Crippen LogP contribution in [-0.2, 0) is 4.74 Å². The number of hydrogen-bond donors (Lipinski definition) is 1. The normalized spacial score (nSPS) is 25.3. The van der Waals surface area contributed by atoms with Gasteiger partial charge in [0.1, 0.15) is 0 Å². The van der Waals surface area contributed by atoms with E-state index in [0.29, 0.717) is 12.1 Å². The second-order valence-electron chi connectivity index (χ2n) is 7.27. The number of nitrogens with one attached hydrogen (secondary N) is 1. The molecule has 0 aromatic carbocycles. The van der Waals surface area contributed by atoms with Crippen LogP contribution in [0, 0.1) is 0 Å². The summed E-state index contributed by atoms with van der Waals surface area (Å²) in [5.74, 6) is 0. The van der Waals surface area contributed by atoms with Crippen LogP contribution in [-0.4, -0.2) is 47.8 Å². The van der Waals surface area contributed by atoms with Crippen LogP contribution >= 0.6 is 0 Å². The molecule has 1 rings (SSSR count). The van der Waals surface area contributed by atoms with Crippen molar-refractivity contribution in [3.05, 3.63) is 0 Å². The summed E-state index contributed by atoms with van der Waals surface area (Å²) in [5.41, 5.74) is -0.0804. The number of morpholine rings is 1. The number of hydrogen-bond acceptors (Lipinski definition) is 3. The van der Waals surface area contributed by atoms with Crippen molar-refractivity contribution in [2.45, 2.75) is 78.2 Å². The van der Waals surface area contributed by atoms with Gasteiger partial charge in [0.25, 0.3) is 0 Å². The van der Waals surface area contributed by atoms with Gasteiger partial charge in [0.2, 0.25) is 0 Å². The van der Waals surface area contributed by atoms with Gasteiger partial charge in [0.05, 0.1) is 11.2 Å². The zero-order valence-corrected chi connectivity index (χ0v) is 13.3. The Labute approximate surface area is 113 Å². The van der Waals surface area contributed by atoms with Gasteiger partial charge in [-0.1, -0.05) is 13.8 Å². The van der Waals surface area contributed by atoms with Gasteiger partial charge >= 0.3 is 0 Å². The lowest BCUT2D eigenvalue weighted by atomic mass is 9.97. The molecule has 1 unspecified atom stereocenters. The molecule has 3 nitrogen and oxygen atoms in total. The van der Waals surface area contributed by atoms with Crippen molar-refractivity contribution < 1.29 is 4.74 Å². The van der Waals surface area contributed by atoms with E-state index in [1.165, 1.54) is 6.42 Å². The van der Waals surface area contributed by atoms with Gasteiger partial charge in [-0.2, -0.15) is 0 Å². The molecule has 3 heteroatoms. The van der Waals surface area contributed by atoms with Gasteiger partial charge in [0.15, 0.2) is 0 Å². The van der Waals surface area contributed by atoms with Crippen molar-refractivity contribution in [3.63, 3.8) is 0 Å². The number of nitrogens with zero attached hydrogens (tertiary/aromatic N) is 1. The SMILES string of the molecule is CC(C)NCCC(C)N1CC(C)(C)OC(C)(C)C1. The molecule has 1 atom stereocenters. The third-order valence-electron chi connectivity index (χ3n) is 3.46. The molecular formula is C15H32N2O. The Morgan fingerprint density at radius 1 is 1.06 bits per heavy atom. The molecular weight excluding hydrogens is 224 g/mol. The highest BCUT2D eigenvalue weighted by atomic mass is 16.5. The van der Waals surface area contributed by atoms with E-state index in [1.807, 2.05) is 0 Å². The average Bonchev–Trinajstić information content (AvgIpc) is 2.11. The first-order valence-electron chi connectivity index (χ1n) is 7.29. The van der Waals surface area contributed by atoms with Crippen molar-refractivity contribution in [1.82, 2.24) is 10.2 Å². The van der Waals surface area contributed by atoms with E-state index in [-0.39, 0.29) is 11.2 Å². The molecule has 0 bridgehead atoms. The first-order valence-corrected chi connectivity index (χ1v) is 7.29. The lowest BCUT2D eigenvalue weighted by molar-refractivity contribution is -0.187. The van der Waals surface area contributed by atoms with Crippen molar-refractivity contribution in [2.24, 2.45) is 0 Å². The number of rotatable bonds is 5. The smallest absolute Gasteiger partial charge is 0.0760 e. The zero-order chi connectivity index (χ0) is 14.0. The molecule has 1 aliphatic heterocycles. The predicted octanol–water partition coefficient (Wildman–Crippen LogP) is 2.65. The van der Waals surface area contributed by atoms with Crippen molar-refractivity contribution in [1.29, 1.82) is 0 Å². The Morgan fingerprint density at radius 2 is 1.56 bits per heavy atom. The van der Waals surface area contributed by atoms with Crippen LogP contribution in [0.15, 0.2) is 0 Å². The highest BCUT2D eigenvalue weighted by Crippen LogP contribution is 2.29. The summed E-state index contributed by atoms with van der Waals surface area (Å²) in [5, 5.41) is 3.50. The topological polar surface area (TPSA) is 24.5 Å². The molecule has 1 fully saturated rings. The van der Waals surface area contributed by atoms with E-state index in [9.17, 15) is 0 Å². The summed E-state index contributed by atoms with van der Waals surface area (Å²) in [6.45, 7) is 18.7. The van der Waals surface area contributed by atoms with Crippen LogP contribution in [0.1, 0.15) is 54.9 Å². The van der Waals surface area contributed by atoms with Gasteiger partial charge in [-0.3, -0.25) is 4.90 Å². The maximum Gasteiger partial charge on any atom is 0.0760 e. The fourth-order valence-corrected chi connectivity index (χ4v) is 2.92. The second-order valence-corrected chi connectivity index (χ2v) is 7.27. The largest absolute Gasteiger partial charge is 0.367 e. The van der Waals surface area contributed by atoms with Crippen molar-refractivity contribution in [3.8, 4) is 0 Å². The first kappa shape index (κ1) is 15.9. The fraction of sp³-hybridized carbons (Fsp3) is 1.00. The first-order chi connectivity index (χ1) is 8.11. The molecule has 0 aromatic rings. The summed E-state index contributed by atoms with van der Waals surface area (Å²) in [4.78, 5) is 2.57. The molecule has 0 aliphatic carbocycles. The minimum absolute atomic E-state index is 0.0402. The van der Waals surface area contributed by atoms with Crippen molar-refractivity contribution in [2.75, 3.05) is 19.6 Å². The van der Waals surface area contributed by atoms with Crippen LogP contribution in [0.5, 0.6) is 0 Å². The van der Waals surface area contributed by atoms with E-state index >= 15 is 0 Å². The predicted molar refractivity (Wildman–Crippen MR) is 78.0 cm³/mol. The van der Waals surface area contributed by atoms with Gasteiger partial charge in [0, 0.05) is 25.2 Å². The van der Waals surface area contributed by atoms with E-state index in [2.05, 4.69) is 58.7 Å². The summed E-state index contributed by atoms with van der Waals surface area (Å²) in [7, 11) is 0. The van der Waals surface area contributed by atoms with E-state index < -0.39 is 0 Å². The lowest BCUT2D eigenvalue weighted by Gasteiger charge is -2.49. The summed E-state index contributed by atoms with van der Waals surface area (Å²) in [6, 6.07) is 1.19. The molecule has 1 N–H and O–H groups in total. The summed E-state index contributed by atoms with van der Waals surface area (Å²) < 4.78 is 6.13. The Balaban J connectivity index is 2.49. The number of ether oxygens (including phenoxy) is 1. The van der Waals surface area contributed by atoms with Gasteiger partial charge < -0.3 is 10.1 Å². The van der Waals surface area contributed by atoms with Crippen LogP contribution in [0.3, 0.4) is 0 Å². The van der Waals surface area contributed by atoms with Gasteiger partial charge in [-0.25, -0.2) is 0 Å². The molecule has 0 aromatic heterocycles. The molecule has 0 amide bonds. The maximum atomic E-state index is 6.13. The van der Waals surface area contributed by atoms with Gasteiger partial charge in [-0.05, 0) is 47.6 Å². The maximum absolute atomic E-state index is 6.13. The van der Waals surface area contributed by atoms with Gasteiger partial charge in [-0.15, -0.1) is 0 Å². The Morgan fingerprint density at radius 3 is 2.00 bits per heavy atom. The highest BCUT2D eigenvalue weighted by molar-refractivity contribution is 4.91. The lowest BCUT2D eigenvalue weighted by Crippen LogP contribution is -2.59. The highest BCUT2D eigenvalue weighted by Gasteiger charge is 2.39. The minimum Gasteiger partial charge on any atom is -0.367 e. The Hall–Kier alpha value is -0.120. The zero-order valence-electron chi connectivity index (χ0n) is 13.3. The third-order valence-corrected chi connectivity index (χ3v) is 3.46. The molecule has 18 heavy (non-hydrogen) atoms.